The Kier molecular flexibility index (Phi) is 6.23. The van der Waals surface area contributed by atoms with Crippen LogP contribution in [-0.2, 0) is 16.0 Å². The molecule has 154 valence electrons. The minimum atomic E-state index is -0.250. The first-order valence-electron chi connectivity index (χ1n) is 10.1. The van der Waals surface area contributed by atoms with E-state index < -0.39 is 0 Å². The maximum absolute atomic E-state index is 14.3. The summed E-state index contributed by atoms with van der Waals surface area (Å²) in [6.07, 6.45) is 1.79. The number of para-hydroxylation sites is 1. The molecular weight excluding hydrogens is 359 g/mol. The van der Waals surface area contributed by atoms with Crippen molar-refractivity contribution in [3.63, 3.8) is 0 Å². The first kappa shape index (κ1) is 20.6. The number of carbonyl (C=O) groups is 2. The Balaban J connectivity index is 1.51. The number of piperazine rings is 1. The fraction of sp³-hybridized carbons (Fsp3) is 0.619. The topological polar surface area (TPSA) is 55.9 Å². The Labute approximate surface area is 166 Å². The van der Waals surface area contributed by atoms with Crippen LogP contribution in [0.15, 0.2) is 18.2 Å². The molecule has 28 heavy (non-hydrogen) atoms. The lowest BCUT2D eigenvalue weighted by molar-refractivity contribution is -0.131. The van der Waals surface area contributed by atoms with Crippen molar-refractivity contribution in [2.45, 2.75) is 39.2 Å². The minimum absolute atomic E-state index is 0.00711. The SMILES string of the molecule is CC(C)(C)NC(=O)CN1CCN(C(=O)CN2CCCc3cccc(F)c32)CC1. The maximum Gasteiger partial charge on any atom is 0.242 e. The minimum Gasteiger partial charge on any atom is -0.360 e. The largest absolute Gasteiger partial charge is 0.360 e. The van der Waals surface area contributed by atoms with Crippen LogP contribution in [0.3, 0.4) is 0 Å². The van der Waals surface area contributed by atoms with Gasteiger partial charge in [-0.3, -0.25) is 14.5 Å². The van der Waals surface area contributed by atoms with Crippen molar-refractivity contribution in [3.05, 3.63) is 29.6 Å². The average molecular weight is 391 g/mol. The summed E-state index contributed by atoms with van der Waals surface area (Å²) in [5.74, 6) is -0.220. The Morgan fingerprint density at radius 3 is 2.46 bits per heavy atom. The summed E-state index contributed by atoms with van der Waals surface area (Å²) < 4.78 is 14.3. The quantitative estimate of drug-likeness (QED) is 0.849. The van der Waals surface area contributed by atoms with Crippen LogP contribution in [0.25, 0.3) is 0 Å². The molecule has 1 N–H and O–H groups in total. The molecule has 0 saturated carbocycles. The predicted octanol–water partition coefficient (Wildman–Crippen LogP) is 1.64. The highest BCUT2D eigenvalue weighted by Crippen LogP contribution is 2.29. The molecule has 1 aromatic carbocycles. The lowest BCUT2D eigenvalue weighted by atomic mass is 10.0. The van der Waals surface area contributed by atoms with Gasteiger partial charge < -0.3 is 15.1 Å². The zero-order valence-electron chi connectivity index (χ0n) is 17.1. The van der Waals surface area contributed by atoms with E-state index in [1.165, 1.54) is 6.07 Å². The van der Waals surface area contributed by atoms with E-state index >= 15 is 0 Å². The van der Waals surface area contributed by atoms with Crippen LogP contribution in [0.5, 0.6) is 0 Å². The molecule has 0 spiro atoms. The van der Waals surface area contributed by atoms with E-state index in [-0.39, 0.29) is 29.7 Å². The molecule has 0 bridgehead atoms. The summed E-state index contributed by atoms with van der Waals surface area (Å²) >= 11 is 0. The number of amides is 2. The van der Waals surface area contributed by atoms with Gasteiger partial charge in [0.05, 0.1) is 18.8 Å². The van der Waals surface area contributed by atoms with Gasteiger partial charge in [-0.15, -0.1) is 0 Å². The molecule has 3 rings (SSSR count). The normalized spacial score (nSPS) is 18.0. The molecule has 2 heterocycles. The van der Waals surface area contributed by atoms with Crippen molar-refractivity contribution in [2.24, 2.45) is 0 Å². The zero-order chi connectivity index (χ0) is 20.3. The van der Waals surface area contributed by atoms with Crippen LogP contribution < -0.4 is 10.2 Å². The molecule has 6 nitrogen and oxygen atoms in total. The zero-order valence-corrected chi connectivity index (χ0v) is 17.1. The van der Waals surface area contributed by atoms with Crippen LogP contribution in [0.1, 0.15) is 32.8 Å². The molecule has 0 radical (unpaired) electrons. The molecule has 1 aromatic rings. The third-order valence-corrected chi connectivity index (χ3v) is 5.19. The van der Waals surface area contributed by atoms with E-state index in [4.69, 9.17) is 0 Å². The van der Waals surface area contributed by atoms with E-state index in [9.17, 15) is 14.0 Å². The summed E-state index contributed by atoms with van der Waals surface area (Å²) in [6, 6.07) is 5.13. The fourth-order valence-corrected chi connectivity index (χ4v) is 3.93. The third-order valence-electron chi connectivity index (χ3n) is 5.19. The van der Waals surface area contributed by atoms with E-state index in [2.05, 4.69) is 10.2 Å². The van der Waals surface area contributed by atoms with E-state index in [0.29, 0.717) is 45.0 Å². The van der Waals surface area contributed by atoms with Gasteiger partial charge in [0, 0.05) is 38.3 Å². The number of carbonyl (C=O) groups excluding carboxylic acids is 2. The second-order valence-electron chi connectivity index (χ2n) is 8.73. The van der Waals surface area contributed by atoms with E-state index in [1.807, 2.05) is 36.6 Å². The molecule has 0 aliphatic carbocycles. The molecule has 0 atom stereocenters. The predicted molar refractivity (Wildman–Crippen MR) is 108 cm³/mol. The lowest BCUT2D eigenvalue weighted by Crippen LogP contribution is -2.54. The summed E-state index contributed by atoms with van der Waals surface area (Å²) in [7, 11) is 0. The number of hydrogen-bond acceptors (Lipinski definition) is 4. The van der Waals surface area contributed by atoms with E-state index in [0.717, 1.165) is 18.4 Å². The number of aryl methyl sites for hydroxylation is 1. The number of halogens is 1. The lowest BCUT2D eigenvalue weighted by Gasteiger charge is -2.37. The first-order valence-corrected chi connectivity index (χ1v) is 10.1. The Hall–Kier alpha value is -2.15. The number of anilines is 1. The van der Waals surface area contributed by atoms with Gasteiger partial charge >= 0.3 is 0 Å². The van der Waals surface area contributed by atoms with Gasteiger partial charge in [0.15, 0.2) is 0 Å². The van der Waals surface area contributed by atoms with Crippen LogP contribution in [-0.4, -0.2) is 73.0 Å². The molecule has 0 unspecified atom stereocenters. The molecule has 1 fully saturated rings. The Bertz CT molecular complexity index is 724. The van der Waals surface area contributed by atoms with Crippen molar-refractivity contribution in [3.8, 4) is 0 Å². The Morgan fingerprint density at radius 1 is 1.07 bits per heavy atom. The van der Waals surface area contributed by atoms with Gasteiger partial charge in [-0.05, 0) is 45.2 Å². The molecule has 2 amide bonds. The maximum atomic E-state index is 14.3. The van der Waals surface area contributed by atoms with Gasteiger partial charge in [0.2, 0.25) is 11.8 Å². The number of benzene rings is 1. The van der Waals surface area contributed by atoms with Crippen LogP contribution in [0.4, 0.5) is 10.1 Å². The number of rotatable bonds is 4. The molecule has 2 aliphatic rings. The van der Waals surface area contributed by atoms with E-state index in [1.54, 1.807) is 6.07 Å². The van der Waals surface area contributed by atoms with Gasteiger partial charge in [0.1, 0.15) is 5.82 Å². The second-order valence-corrected chi connectivity index (χ2v) is 8.73. The van der Waals surface area contributed by atoms with Gasteiger partial charge in [-0.1, -0.05) is 12.1 Å². The number of nitrogens with zero attached hydrogens (tertiary/aromatic N) is 3. The summed E-state index contributed by atoms with van der Waals surface area (Å²) in [4.78, 5) is 30.6. The molecular formula is C21H31FN4O2. The van der Waals surface area contributed by atoms with Gasteiger partial charge in [-0.2, -0.15) is 0 Å². The number of fused-ring (bicyclic) bond motifs is 1. The summed E-state index contributed by atoms with van der Waals surface area (Å²) in [5, 5.41) is 2.97. The number of hydrogen-bond donors (Lipinski definition) is 1. The monoisotopic (exact) mass is 390 g/mol. The van der Waals surface area contributed by atoms with Gasteiger partial charge in [-0.25, -0.2) is 4.39 Å². The average Bonchev–Trinajstić information content (AvgIpc) is 2.61. The van der Waals surface area contributed by atoms with Crippen LogP contribution in [0, 0.1) is 5.82 Å². The van der Waals surface area contributed by atoms with Crippen LogP contribution in [0.2, 0.25) is 0 Å². The fourth-order valence-electron chi connectivity index (χ4n) is 3.93. The standard InChI is InChI=1S/C21H31FN4O2/c1-21(2,3)23-18(27)14-24-10-12-25(13-11-24)19(28)15-26-9-5-7-16-6-4-8-17(22)20(16)26/h4,6,8H,5,7,9-15H2,1-3H3,(H,23,27). The van der Waals surface area contributed by atoms with Crippen LogP contribution >= 0.6 is 0 Å². The third kappa shape index (κ3) is 5.22. The molecule has 2 aliphatic heterocycles. The molecule has 0 aromatic heterocycles. The highest BCUT2D eigenvalue weighted by Gasteiger charge is 2.27. The highest BCUT2D eigenvalue weighted by atomic mass is 19.1. The smallest absolute Gasteiger partial charge is 0.242 e. The summed E-state index contributed by atoms with van der Waals surface area (Å²) in [5.41, 5.74) is 1.32. The molecule has 7 heteroatoms. The van der Waals surface area contributed by atoms with Crippen molar-refractivity contribution in [1.29, 1.82) is 0 Å². The van der Waals surface area contributed by atoms with Crippen molar-refractivity contribution < 1.29 is 14.0 Å². The van der Waals surface area contributed by atoms with Crippen molar-refractivity contribution in [1.82, 2.24) is 15.1 Å². The Morgan fingerprint density at radius 2 is 1.79 bits per heavy atom. The first-order chi connectivity index (χ1) is 13.2. The van der Waals surface area contributed by atoms with Gasteiger partial charge in [0.25, 0.3) is 0 Å². The second kappa shape index (κ2) is 8.47. The highest BCUT2D eigenvalue weighted by molar-refractivity contribution is 5.82. The summed E-state index contributed by atoms with van der Waals surface area (Å²) in [6.45, 7) is 9.69. The molecule has 1 saturated heterocycles. The van der Waals surface area contributed by atoms with Crippen molar-refractivity contribution in [2.75, 3.05) is 50.7 Å². The number of nitrogens with one attached hydrogen (secondary N) is 1. The van der Waals surface area contributed by atoms with Crippen molar-refractivity contribution >= 4 is 17.5 Å².